The molecule has 0 amide bonds. The zero-order valence-corrected chi connectivity index (χ0v) is 14.0. The molecule has 2 heteroatoms. The van der Waals surface area contributed by atoms with E-state index in [0.717, 1.165) is 24.5 Å². The summed E-state index contributed by atoms with van der Waals surface area (Å²) in [5.41, 5.74) is 0.296. The van der Waals surface area contributed by atoms with Crippen LogP contribution < -0.4 is 5.32 Å². The minimum atomic E-state index is 0.296. The van der Waals surface area contributed by atoms with Crippen molar-refractivity contribution in [3.8, 4) is 0 Å². The molecule has 2 nitrogen and oxygen atoms in total. The van der Waals surface area contributed by atoms with E-state index in [0.29, 0.717) is 5.60 Å². The lowest BCUT2D eigenvalue weighted by atomic mass is 9.73. The number of hydrogen-bond acceptors (Lipinski definition) is 2. The van der Waals surface area contributed by atoms with Crippen molar-refractivity contribution in [1.82, 2.24) is 5.32 Å². The van der Waals surface area contributed by atoms with Gasteiger partial charge in [0.1, 0.15) is 0 Å². The van der Waals surface area contributed by atoms with Crippen LogP contribution in [0.1, 0.15) is 84.0 Å². The topological polar surface area (TPSA) is 21.3 Å². The van der Waals surface area contributed by atoms with Gasteiger partial charge in [-0.05, 0) is 63.3 Å². The van der Waals surface area contributed by atoms with Gasteiger partial charge in [0, 0.05) is 12.6 Å². The van der Waals surface area contributed by atoms with Crippen LogP contribution >= 0.6 is 0 Å². The highest BCUT2D eigenvalue weighted by Crippen LogP contribution is 2.46. The smallest absolute Gasteiger partial charge is 0.0685 e. The fourth-order valence-corrected chi connectivity index (χ4v) is 5.28. The quantitative estimate of drug-likeness (QED) is 0.760. The lowest BCUT2D eigenvalue weighted by Crippen LogP contribution is -2.45. The first-order valence-electron chi connectivity index (χ1n) is 9.70. The van der Waals surface area contributed by atoms with Gasteiger partial charge in [0.15, 0.2) is 0 Å². The maximum absolute atomic E-state index is 6.27. The number of nitrogens with one attached hydrogen (secondary N) is 1. The van der Waals surface area contributed by atoms with Gasteiger partial charge in [0.2, 0.25) is 0 Å². The maximum Gasteiger partial charge on any atom is 0.0685 e. The Bertz CT molecular complexity index is 311. The molecule has 3 aliphatic rings. The molecular formula is C19H35NO. The summed E-state index contributed by atoms with van der Waals surface area (Å²) in [6, 6.07) is 0.786. The molecule has 1 aliphatic heterocycles. The average molecular weight is 293 g/mol. The Labute approximate surface area is 131 Å². The molecule has 3 rings (SSSR count). The Morgan fingerprint density at radius 2 is 1.81 bits per heavy atom. The van der Waals surface area contributed by atoms with E-state index in [2.05, 4.69) is 12.2 Å². The van der Waals surface area contributed by atoms with Gasteiger partial charge in [-0.1, -0.05) is 39.0 Å². The molecule has 0 radical (unpaired) electrons. The van der Waals surface area contributed by atoms with Gasteiger partial charge in [0.05, 0.1) is 5.60 Å². The van der Waals surface area contributed by atoms with E-state index < -0.39 is 0 Å². The van der Waals surface area contributed by atoms with Crippen LogP contribution in [0, 0.1) is 11.8 Å². The van der Waals surface area contributed by atoms with Crippen LogP contribution in [0.3, 0.4) is 0 Å². The predicted molar refractivity (Wildman–Crippen MR) is 88.5 cm³/mol. The first-order valence-corrected chi connectivity index (χ1v) is 9.70. The number of ether oxygens (including phenoxy) is 1. The van der Waals surface area contributed by atoms with Gasteiger partial charge in [-0.15, -0.1) is 0 Å². The van der Waals surface area contributed by atoms with E-state index in [1.807, 2.05) is 0 Å². The molecule has 0 bridgehead atoms. The fourth-order valence-electron chi connectivity index (χ4n) is 5.28. The standard InChI is InChI=1S/C19H35NO/c1-2-13-20-18-9-5-3-4-8-17(18)16-10-14-21-19(15-16)11-6-7-12-19/h16-18,20H,2-15H2,1H3. The summed E-state index contributed by atoms with van der Waals surface area (Å²) in [6.45, 7) is 4.53. The maximum atomic E-state index is 6.27. The van der Waals surface area contributed by atoms with Crippen LogP contribution in [0.25, 0.3) is 0 Å². The first kappa shape index (κ1) is 15.8. The van der Waals surface area contributed by atoms with Crippen molar-refractivity contribution in [2.75, 3.05) is 13.2 Å². The van der Waals surface area contributed by atoms with Crippen molar-refractivity contribution in [2.24, 2.45) is 11.8 Å². The normalized spacial score (nSPS) is 36.7. The van der Waals surface area contributed by atoms with Crippen LogP contribution in [-0.4, -0.2) is 24.8 Å². The van der Waals surface area contributed by atoms with E-state index in [1.165, 1.54) is 83.6 Å². The zero-order valence-electron chi connectivity index (χ0n) is 14.0. The Balaban J connectivity index is 1.66. The molecule has 21 heavy (non-hydrogen) atoms. The highest BCUT2D eigenvalue weighted by Gasteiger charge is 2.43. The van der Waals surface area contributed by atoms with E-state index in [1.54, 1.807) is 0 Å². The largest absolute Gasteiger partial charge is 0.375 e. The minimum Gasteiger partial charge on any atom is -0.375 e. The van der Waals surface area contributed by atoms with Crippen LogP contribution in [0.4, 0.5) is 0 Å². The van der Waals surface area contributed by atoms with Crippen LogP contribution in [0.15, 0.2) is 0 Å². The van der Waals surface area contributed by atoms with Crippen LogP contribution in [-0.2, 0) is 4.74 Å². The molecule has 3 fully saturated rings. The second-order valence-electron chi connectivity index (χ2n) is 7.85. The molecule has 1 N–H and O–H groups in total. The van der Waals surface area contributed by atoms with Crippen molar-refractivity contribution >= 4 is 0 Å². The van der Waals surface area contributed by atoms with Crippen LogP contribution in [0.5, 0.6) is 0 Å². The minimum absolute atomic E-state index is 0.296. The third-order valence-electron chi connectivity index (χ3n) is 6.38. The molecule has 3 atom stereocenters. The second kappa shape index (κ2) is 7.46. The van der Waals surface area contributed by atoms with Crippen molar-refractivity contribution in [2.45, 2.75) is 95.6 Å². The highest BCUT2D eigenvalue weighted by atomic mass is 16.5. The molecule has 122 valence electrons. The lowest BCUT2D eigenvalue weighted by molar-refractivity contribution is -0.105. The summed E-state index contributed by atoms with van der Waals surface area (Å²) in [4.78, 5) is 0. The van der Waals surface area contributed by atoms with Crippen molar-refractivity contribution in [3.63, 3.8) is 0 Å². The summed E-state index contributed by atoms with van der Waals surface area (Å²) in [7, 11) is 0. The summed E-state index contributed by atoms with van der Waals surface area (Å²) in [5, 5.41) is 3.90. The molecule has 2 saturated carbocycles. The molecule has 3 unspecified atom stereocenters. The van der Waals surface area contributed by atoms with Gasteiger partial charge in [-0.2, -0.15) is 0 Å². The molecular weight excluding hydrogens is 258 g/mol. The molecule has 1 heterocycles. The van der Waals surface area contributed by atoms with Gasteiger partial charge in [-0.3, -0.25) is 0 Å². The third-order valence-corrected chi connectivity index (χ3v) is 6.38. The zero-order chi connectivity index (χ0) is 14.5. The number of hydrogen-bond donors (Lipinski definition) is 1. The summed E-state index contributed by atoms with van der Waals surface area (Å²) in [6.07, 6.45) is 16.6. The number of rotatable bonds is 4. The fraction of sp³-hybridized carbons (Fsp3) is 1.00. The SMILES string of the molecule is CCCNC1CCCCCC1C1CCOC2(CCCC2)C1. The van der Waals surface area contributed by atoms with E-state index >= 15 is 0 Å². The summed E-state index contributed by atoms with van der Waals surface area (Å²) < 4.78 is 6.27. The molecule has 0 aromatic rings. The Kier molecular flexibility index (Phi) is 5.61. The predicted octanol–water partition coefficient (Wildman–Crippen LogP) is 4.67. The van der Waals surface area contributed by atoms with E-state index in [9.17, 15) is 0 Å². The molecule has 0 aromatic heterocycles. The second-order valence-corrected chi connectivity index (χ2v) is 7.85. The van der Waals surface area contributed by atoms with E-state index in [-0.39, 0.29) is 0 Å². The van der Waals surface area contributed by atoms with Gasteiger partial charge in [0.25, 0.3) is 0 Å². The Hall–Kier alpha value is -0.0800. The van der Waals surface area contributed by atoms with Crippen molar-refractivity contribution in [1.29, 1.82) is 0 Å². The first-order chi connectivity index (χ1) is 10.3. The molecule has 0 aromatic carbocycles. The van der Waals surface area contributed by atoms with Crippen LogP contribution in [0.2, 0.25) is 0 Å². The lowest BCUT2D eigenvalue weighted by Gasteiger charge is -2.43. The van der Waals surface area contributed by atoms with Crippen molar-refractivity contribution < 1.29 is 4.74 Å². The van der Waals surface area contributed by atoms with Gasteiger partial charge >= 0.3 is 0 Å². The molecule has 2 aliphatic carbocycles. The average Bonchev–Trinajstić information content (AvgIpc) is 2.82. The van der Waals surface area contributed by atoms with E-state index in [4.69, 9.17) is 4.74 Å². The monoisotopic (exact) mass is 293 g/mol. The third kappa shape index (κ3) is 3.82. The Morgan fingerprint density at radius 1 is 1.00 bits per heavy atom. The molecule has 1 spiro atoms. The summed E-state index contributed by atoms with van der Waals surface area (Å²) in [5.74, 6) is 1.84. The van der Waals surface area contributed by atoms with Gasteiger partial charge in [-0.25, -0.2) is 0 Å². The highest BCUT2D eigenvalue weighted by molar-refractivity contribution is 4.95. The van der Waals surface area contributed by atoms with Gasteiger partial charge < -0.3 is 10.1 Å². The Morgan fingerprint density at radius 3 is 2.62 bits per heavy atom. The summed E-state index contributed by atoms with van der Waals surface area (Å²) >= 11 is 0. The molecule has 1 saturated heterocycles. The van der Waals surface area contributed by atoms with Crippen molar-refractivity contribution in [3.05, 3.63) is 0 Å².